The molecule has 13 atom stereocenters. The van der Waals surface area contributed by atoms with E-state index in [-0.39, 0.29) is 69.2 Å². The van der Waals surface area contributed by atoms with Crippen LogP contribution in [-0.2, 0) is 52.7 Å². The van der Waals surface area contributed by atoms with Crippen LogP contribution in [0.15, 0.2) is 0 Å². The fourth-order valence-electron chi connectivity index (χ4n) is 12.6. The van der Waals surface area contributed by atoms with E-state index in [2.05, 4.69) is 5.32 Å². The summed E-state index contributed by atoms with van der Waals surface area (Å²) in [5.41, 5.74) is 0. The van der Waals surface area contributed by atoms with Gasteiger partial charge in [0.2, 0.25) is 47.3 Å². The molecule has 0 aromatic rings. The van der Waals surface area contributed by atoms with Crippen LogP contribution in [0.25, 0.3) is 0 Å². The number of aliphatic hydroxyl groups excluding tert-OH is 1. The van der Waals surface area contributed by atoms with Crippen molar-refractivity contribution in [2.75, 3.05) is 69.0 Å². The number of Topliss-reactive ketones (excluding diaryl/α,β-unsaturated/α-hetero) is 3. The summed E-state index contributed by atoms with van der Waals surface area (Å²) < 4.78 is 27.8. The number of aliphatic hydroxyl groups is 1. The van der Waals surface area contributed by atoms with Crippen molar-refractivity contribution in [3.8, 4) is 0 Å². The third-order valence-corrected chi connectivity index (χ3v) is 18.5. The van der Waals surface area contributed by atoms with E-state index in [1.54, 1.807) is 55.4 Å². The zero-order valence-electron chi connectivity index (χ0n) is 58.5. The minimum atomic E-state index is -2.86. The predicted molar refractivity (Wildman–Crippen MR) is 339 cm³/mol. The monoisotopic (exact) mass is 1260 g/mol. The largest absolute Gasteiger partial charge is 0.390 e. The number of likely N-dealkylation sites (N-methyl/N-ethyl adjacent to an activating group) is 7. The molecule has 8 amide bonds. The number of nitrogens with one attached hydrogen (secondary N) is 1. The first-order chi connectivity index (χ1) is 40.9. The number of ketones is 3. The molecule has 1 unspecified atom stereocenters. The molecule has 2 fully saturated rings. The number of rotatable bonds is 15. The molecule has 23 heteroatoms. The summed E-state index contributed by atoms with van der Waals surface area (Å²) in [6.45, 7) is 28.7. The van der Waals surface area contributed by atoms with Crippen molar-refractivity contribution >= 4 is 64.6 Å². The topological polar surface area (TPSA) is 246 Å². The van der Waals surface area contributed by atoms with Gasteiger partial charge in [0.05, 0.1) is 31.3 Å². The summed E-state index contributed by atoms with van der Waals surface area (Å²) in [5.74, 6) is -15.1. The van der Waals surface area contributed by atoms with Crippen molar-refractivity contribution in [3.05, 3.63) is 0 Å². The molecule has 0 spiro atoms. The Morgan fingerprint density at radius 3 is 1.34 bits per heavy atom. The number of carbonyl (C=O) groups excluding carboxylic acids is 11. The van der Waals surface area contributed by atoms with E-state index in [4.69, 9.17) is 0 Å². The second-order valence-corrected chi connectivity index (χ2v) is 28.5. The maximum absolute atomic E-state index is 15.3. The van der Waals surface area contributed by atoms with Gasteiger partial charge < -0.3 is 44.7 Å². The highest BCUT2D eigenvalue weighted by molar-refractivity contribution is 6.00. The Morgan fingerprint density at radius 1 is 0.483 bits per heavy atom. The summed E-state index contributed by atoms with van der Waals surface area (Å²) in [5, 5.41) is 15.0. The zero-order valence-corrected chi connectivity index (χ0v) is 58.5. The Balaban J connectivity index is 2.98. The third kappa shape index (κ3) is 21.0. The van der Waals surface area contributed by atoms with Crippen molar-refractivity contribution in [2.45, 2.75) is 229 Å². The summed E-state index contributed by atoms with van der Waals surface area (Å²) in [4.78, 5) is 172. The van der Waals surface area contributed by atoms with Gasteiger partial charge in [0.15, 0.2) is 17.3 Å². The highest BCUT2D eigenvalue weighted by Gasteiger charge is 2.48. The zero-order chi connectivity index (χ0) is 68.9. The van der Waals surface area contributed by atoms with Gasteiger partial charge in [-0.1, -0.05) is 104 Å². The van der Waals surface area contributed by atoms with Gasteiger partial charge in [-0.2, -0.15) is 0 Å². The molecule has 2 heterocycles. The lowest BCUT2D eigenvalue weighted by molar-refractivity contribution is -0.158. The Hall–Kier alpha value is -5.45. The van der Waals surface area contributed by atoms with E-state index in [9.17, 15) is 52.2 Å². The van der Waals surface area contributed by atoms with Crippen LogP contribution in [-0.4, -0.2) is 238 Å². The molecule has 89 heavy (non-hydrogen) atoms. The molecule has 0 aromatic carbocycles. The van der Waals surface area contributed by atoms with E-state index >= 15 is 14.4 Å². The van der Waals surface area contributed by atoms with Gasteiger partial charge in [0, 0.05) is 86.3 Å². The number of alkyl halides is 2. The van der Waals surface area contributed by atoms with Crippen molar-refractivity contribution in [1.29, 1.82) is 0 Å². The number of likely N-dealkylation sites (tertiary alicyclic amines) is 1. The van der Waals surface area contributed by atoms with E-state index in [1.165, 1.54) is 104 Å². The van der Waals surface area contributed by atoms with Crippen LogP contribution >= 0.6 is 0 Å². The Bertz CT molecular complexity index is 2470. The average molecular weight is 1260 g/mol. The van der Waals surface area contributed by atoms with Gasteiger partial charge >= 0.3 is 0 Å². The molecule has 2 aliphatic rings. The van der Waals surface area contributed by atoms with Crippen molar-refractivity contribution < 1.29 is 66.6 Å². The normalized spacial score (nSPS) is 28.8. The first-order valence-electron chi connectivity index (χ1n) is 32.4. The first-order valence-corrected chi connectivity index (χ1v) is 32.4. The standard InChI is InChI=1S/C66H115F2N9O12/c1-25-46-32-53(80)56(57(81)42(14)26-27-77-34-66(67,68)35-77)76(24)65(89)55(41(12)13)75(23)63(87)50(30-38(6)7)73(21)64(88)54(40(10)11)74(22)59(83)44(16)69-58(82)43(15)31-51(78)48(28-36(2)3)72(20)62(86)47(39(8)9)33-52(79)49(29-37(4)5)71(19)60(84)45(17)70(18)61(46)85/h36-50,54-57,81H,25-35H2,1-24H3,(H,69,82)/t42-,43+,44+,45-,46+,47-,48-,49+,50-,54?,55-,56+,57-/m1/s1. The van der Waals surface area contributed by atoms with Crippen LogP contribution in [0.5, 0.6) is 0 Å². The molecule has 2 saturated heterocycles. The summed E-state index contributed by atoms with van der Waals surface area (Å²) >= 11 is 0. The molecule has 21 nitrogen and oxygen atoms in total. The van der Waals surface area contributed by atoms with Gasteiger partial charge in [0.1, 0.15) is 36.3 Å². The number of nitrogens with zero attached hydrogens (tertiary/aromatic N) is 8. The van der Waals surface area contributed by atoms with Crippen LogP contribution < -0.4 is 5.32 Å². The molecule has 2 rings (SSSR count). The molecule has 0 saturated carbocycles. The fourth-order valence-corrected chi connectivity index (χ4v) is 12.6. The maximum Gasteiger partial charge on any atom is 0.272 e. The van der Waals surface area contributed by atoms with Crippen LogP contribution in [0.2, 0.25) is 0 Å². The minimum Gasteiger partial charge on any atom is -0.390 e. The van der Waals surface area contributed by atoms with Crippen LogP contribution in [0.3, 0.4) is 0 Å². The molecule has 0 aromatic heterocycles. The van der Waals surface area contributed by atoms with Gasteiger partial charge in [0.25, 0.3) is 5.92 Å². The van der Waals surface area contributed by atoms with E-state index in [1.807, 2.05) is 41.5 Å². The smallest absolute Gasteiger partial charge is 0.272 e. The second kappa shape index (κ2) is 34.3. The van der Waals surface area contributed by atoms with Gasteiger partial charge in [-0.25, -0.2) is 8.78 Å². The SMILES string of the molecule is CC[C@H]1CC(=O)[C@@H]([C@H](O)[C@H](C)CCN2CC(F)(F)C2)N(C)C(=O)[C@@H](C(C)C)N(C)C(=O)[C@@H](CC(C)C)N(C)C(=O)C(C(C)C)N(C)C(=O)[C@H](C)NC(=O)[C@@H](C)CC(=O)[C@@H](CC(C)C)N(C)C(=O)[C@@H](C(C)C)CC(=O)[C@H](CC(C)C)N(C)C(=O)[C@@H](C)N(C)C1=O. The Morgan fingerprint density at radius 2 is 0.899 bits per heavy atom. The number of hydrogen-bond donors (Lipinski definition) is 2. The number of hydrogen-bond acceptors (Lipinski definition) is 13. The summed E-state index contributed by atoms with van der Waals surface area (Å²) in [6, 6.07) is -9.73. The molecule has 0 aliphatic carbocycles. The highest BCUT2D eigenvalue weighted by atomic mass is 19.3. The Kier molecular flexibility index (Phi) is 30.7. The molecule has 510 valence electrons. The van der Waals surface area contributed by atoms with Crippen molar-refractivity contribution in [3.63, 3.8) is 0 Å². The maximum atomic E-state index is 15.3. The van der Waals surface area contributed by atoms with Gasteiger partial charge in [-0.3, -0.25) is 57.6 Å². The number of carbonyl (C=O) groups is 11. The van der Waals surface area contributed by atoms with Gasteiger partial charge in [-0.05, 0) is 93.9 Å². The average Bonchev–Trinajstić information content (AvgIpc) is 2.26. The van der Waals surface area contributed by atoms with E-state index in [0.29, 0.717) is 0 Å². The third-order valence-electron chi connectivity index (χ3n) is 18.5. The van der Waals surface area contributed by atoms with E-state index in [0.717, 1.165) is 4.90 Å². The highest BCUT2D eigenvalue weighted by Crippen LogP contribution is 2.31. The lowest BCUT2D eigenvalue weighted by atomic mass is 9.84. The van der Waals surface area contributed by atoms with Crippen LogP contribution in [0.1, 0.15) is 169 Å². The lowest BCUT2D eigenvalue weighted by Crippen LogP contribution is -2.62. The molecular formula is C66H115F2N9O12. The molecule has 2 aliphatic heterocycles. The summed E-state index contributed by atoms with van der Waals surface area (Å²) in [6.07, 6.45) is -1.94. The van der Waals surface area contributed by atoms with Crippen molar-refractivity contribution in [2.24, 2.45) is 59.2 Å². The van der Waals surface area contributed by atoms with Gasteiger partial charge in [-0.15, -0.1) is 0 Å². The Labute approximate surface area is 531 Å². The number of amides is 8. The fraction of sp³-hybridized carbons (Fsp3) is 0.833. The quantitative estimate of drug-likeness (QED) is 0.194. The second-order valence-electron chi connectivity index (χ2n) is 28.5. The molecule has 0 bridgehead atoms. The minimum absolute atomic E-state index is 0.0754. The predicted octanol–water partition coefficient (Wildman–Crippen LogP) is 5.91. The first kappa shape index (κ1) is 79.6. The molecule has 0 radical (unpaired) electrons. The number of halogens is 2. The molecule has 2 N–H and O–H groups in total. The van der Waals surface area contributed by atoms with E-state index < -0.39 is 186 Å². The van der Waals surface area contributed by atoms with Crippen LogP contribution in [0, 0.1) is 59.2 Å². The summed E-state index contributed by atoms with van der Waals surface area (Å²) in [7, 11) is 9.99. The van der Waals surface area contributed by atoms with Crippen molar-refractivity contribution in [1.82, 2.24) is 44.5 Å². The lowest BCUT2D eigenvalue weighted by Gasteiger charge is -2.42. The van der Waals surface area contributed by atoms with Crippen LogP contribution in [0.4, 0.5) is 8.78 Å². The molecular weight excluding hydrogens is 1150 g/mol.